The van der Waals surface area contributed by atoms with Gasteiger partial charge in [0.1, 0.15) is 24.3 Å². The second-order valence-electron chi connectivity index (χ2n) is 7.35. The number of hydrogen-bond acceptors (Lipinski definition) is 5. The molecule has 1 aliphatic heterocycles. The maximum atomic E-state index is 4.66. The van der Waals surface area contributed by atoms with Crippen LogP contribution >= 0.6 is 0 Å². The van der Waals surface area contributed by atoms with E-state index < -0.39 is 0 Å². The lowest BCUT2D eigenvalue weighted by molar-refractivity contribution is 0.648. The van der Waals surface area contributed by atoms with Crippen LogP contribution in [-0.2, 0) is 26.1 Å². The highest BCUT2D eigenvalue weighted by atomic mass is 15.3. The Morgan fingerprint density at radius 2 is 2.00 bits per heavy atom. The van der Waals surface area contributed by atoms with Crippen LogP contribution in [0, 0.1) is 13.8 Å². The molecule has 0 saturated carbocycles. The summed E-state index contributed by atoms with van der Waals surface area (Å²) in [7, 11) is 0. The average molecular weight is 374 g/mol. The number of nitrogens with zero attached hydrogens (tertiary/aromatic N) is 8. The highest BCUT2D eigenvalue weighted by Gasteiger charge is 2.19. The minimum atomic E-state index is 0.675. The van der Waals surface area contributed by atoms with Crippen LogP contribution in [0.4, 0.5) is 0 Å². The Labute approximate surface area is 162 Å². The number of rotatable bonds is 5. The normalized spacial score (nSPS) is 13.2. The van der Waals surface area contributed by atoms with Crippen LogP contribution < -0.4 is 0 Å². The predicted molar refractivity (Wildman–Crippen MR) is 104 cm³/mol. The molecule has 3 aromatic heterocycles. The predicted octanol–water partition coefficient (Wildman–Crippen LogP) is 2.39. The molecule has 0 unspecified atom stereocenters. The quantitative estimate of drug-likeness (QED) is 0.536. The van der Waals surface area contributed by atoms with Crippen molar-refractivity contribution in [3.8, 4) is 11.4 Å². The Balaban J connectivity index is 1.50. The number of fused-ring (bicyclic) bond motifs is 1. The van der Waals surface area contributed by atoms with Gasteiger partial charge in [0.2, 0.25) is 0 Å². The van der Waals surface area contributed by atoms with Gasteiger partial charge < -0.3 is 9.13 Å². The Morgan fingerprint density at radius 3 is 2.86 bits per heavy atom. The van der Waals surface area contributed by atoms with Crippen molar-refractivity contribution in [2.45, 2.75) is 46.3 Å². The lowest BCUT2D eigenvalue weighted by Crippen LogP contribution is -2.09. The van der Waals surface area contributed by atoms with Crippen LogP contribution in [0.2, 0.25) is 0 Å². The minimum Gasteiger partial charge on any atom is -0.323 e. The first-order valence-corrected chi connectivity index (χ1v) is 9.54. The molecule has 4 heterocycles. The SMILES string of the molecule is Cc1cc(C)c(-c2nccn2Cc2nnc3n2CCC3)cc1Cn1cncn1. The summed E-state index contributed by atoms with van der Waals surface area (Å²) in [6.07, 6.45) is 9.35. The molecule has 0 bridgehead atoms. The van der Waals surface area contributed by atoms with Crippen molar-refractivity contribution in [3.05, 3.63) is 65.5 Å². The Hall–Kier alpha value is -3.29. The first-order chi connectivity index (χ1) is 13.7. The molecule has 0 fully saturated rings. The van der Waals surface area contributed by atoms with E-state index in [1.165, 1.54) is 16.7 Å². The van der Waals surface area contributed by atoms with E-state index in [0.717, 1.165) is 42.4 Å². The lowest BCUT2D eigenvalue weighted by atomic mass is 9.99. The van der Waals surface area contributed by atoms with E-state index in [1.807, 2.05) is 17.1 Å². The smallest absolute Gasteiger partial charge is 0.153 e. The molecule has 4 aromatic rings. The van der Waals surface area contributed by atoms with Crippen LogP contribution in [0.15, 0.2) is 37.2 Å². The van der Waals surface area contributed by atoms with Crippen LogP contribution in [0.25, 0.3) is 11.4 Å². The third-order valence-electron chi connectivity index (χ3n) is 5.44. The van der Waals surface area contributed by atoms with Gasteiger partial charge in [0.25, 0.3) is 0 Å². The maximum absolute atomic E-state index is 4.66. The molecule has 1 aromatic carbocycles. The molecule has 0 atom stereocenters. The summed E-state index contributed by atoms with van der Waals surface area (Å²) in [4.78, 5) is 8.70. The fourth-order valence-electron chi connectivity index (χ4n) is 3.96. The molecule has 0 radical (unpaired) electrons. The van der Waals surface area contributed by atoms with E-state index in [1.54, 1.807) is 12.7 Å². The third kappa shape index (κ3) is 2.90. The number of benzene rings is 1. The van der Waals surface area contributed by atoms with Gasteiger partial charge in [-0.3, -0.25) is 0 Å². The highest BCUT2D eigenvalue weighted by molar-refractivity contribution is 5.63. The zero-order valence-corrected chi connectivity index (χ0v) is 16.1. The van der Waals surface area contributed by atoms with Gasteiger partial charge in [-0.05, 0) is 43.0 Å². The van der Waals surface area contributed by atoms with Gasteiger partial charge in [-0.25, -0.2) is 14.6 Å². The molecule has 0 saturated heterocycles. The van der Waals surface area contributed by atoms with Crippen LogP contribution in [0.1, 0.15) is 34.8 Å². The number of aromatic nitrogens is 8. The van der Waals surface area contributed by atoms with Crippen molar-refractivity contribution in [1.29, 1.82) is 0 Å². The van der Waals surface area contributed by atoms with Gasteiger partial charge in [-0.1, -0.05) is 6.07 Å². The van der Waals surface area contributed by atoms with Crippen molar-refractivity contribution in [1.82, 2.24) is 39.1 Å². The summed E-state index contributed by atoms with van der Waals surface area (Å²) in [5.41, 5.74) is 4.79. The highest BCUT2D eigenvalue weighted by Crippen LogP contribution is 2.27. The molecule has 28 heavy (non-hydrogen) atoms. The monoisotopic (exact) mass is 374 g/mol. The maximum Gasteiger partial charge on any atom is 0.153 e. The Kier molecular flexibility index (Phi) is 4.03. The first kappa shape index (κ1) is 16.9. The van der Waals surface area contributed by atoms with Gasteiger partial charge in [0.05, 0.1) is 13.1 Å². The standard InChI is InChI=1S/C20H22N8/c1-14-8-15(2)17(9-16(14)10-27-13-21-12-23-27)20-22-5-7-26(20)11-19-25-24-18-4-3-6-28(18)19/h5,7-9,12-13H,3-4,6,10-11H2,1-2H3. The van der Waals surface area contributed by atoms with Crippen molar-refractivity contribution in [2.75, 3.05) is 0 Å². The summed E-state index contributed by atoms with van der Waals surface area (Å²) < 4.78 is 6.24. The van der Waals surface area contributed by atoms with Gasteiger partial charge >= 0.3 is 0 Å². The second-order valence-corrected chi connectivity index (χ2v) is 7.35. The molecule has 0 N–H and O–H groups in total. The Bertz CT molecular complexity index is 1120. The molecule has 0 aliphatic carbocycles. The third-order valence-corrected chi connectivity index (χ3v) is 5.44. The van der Waals surface area contributed by atoms with E-state index in [-0.39, 0.29) is 0 Å². The minimum absolute atomic E-state index is 0.675. The van der Waals surface area contributed by atoms with E-state index in [9.17, 15) is 0 Å². The molecule has 1 aliphatic rings. The Morgan fingerprint density at radius 1 is 1.07 bits per heavy atom. The van der Waals surface area contributed by atoms with Crippen LogP contribution in [0.3, 0.4) is 0 Å². The number of imidazole rings is 1. The summed E-state index contributed by atoms with van der Waals surface area (Å²) >= 11 is 0. The molecule has 142 valence electrons. The molecular weight excluding hydrogens is 352 g/mol. The lowest BCUT2D eigenvalue weighted by Gasteiger charge is -2.14. The van der Waals surface area contributed by atoms with Crippen molar-refractivity contribution in [3.63, 3.8) is 0 Å². The van der Waals surface area contributed by atoms with Crippen LogP contribution in [-0.4, -0.2) is 39.1 Å². The molecule has 0 spiro atoms. The zero-order chi connectivity index (χ0) is 19.1. The molecular formula is C20H22N8. The summed E-state index contributed by atoms with van der Waals surface area (Å²) in [5.74, 6) is 3.05. The van der Waals surface area contributed by atoms with Gasteiger partial charge in [-0.15, -0.1) is 10.2 Å². The fraction of sp³-hybridized carbons (Fsp3) is 0.350. The van der Waals surface area contributed by atoms with Gasteiger partial charge in [0, 0.05) is 30.9 Å². The largest absolute Gasteiger partial charge is 0.323 e. The molecule has 5 rings (SSSR count). The van der Waals surface area contributed by atoms with Crippen molar-refractivity contribution in [2.24, 2.45) is 0 Å². The average Bonchev–Trinajstić information content (AvgIpc) is 3.45. The number of aryl methyl sites for hydroxylation is 3. The van der Waals surface area contributed by atoms with E-state index >= 15 is 0 Å². The fourth-order valence-corrected chi connectivity index (χ4v) is 3.96. The van der Waals surface area contributed by atoms with Crippen LogP contribution in [0.5, 0.6) is 0 Å². The molecule has 8 heteroatoms. The van der Waals surface area contributed by atoms with E-state index in [2.05, 4.69) is 60.4 Å². The molecule has 0 amide bonds. The number of hydrogen-bond donors (Lipinski definition) is 0. The van der Waals surface area contributed by atoms with Gasteiger partial charge in [0.15, 0.2) is 5.82 Å². The summed E-state index contributed by atoms with van der Waals surface area (Å²) in [6, 6.07) is 4.44. The van der Waals surface area contributed by atoms with Crippen molar-refractivity contribution < 1.29 is 0 Å². The summed E-state index contributed by atoms with van der Waals surface area (Å²) in [5, 5.41) is 13.0. The zero-order valence-electron chi connectivity index (χ0n) is 16.1. The van der Waals surface area contributed by atoms with Crippen molar-refractivity contribution >= 4 is 0 Å². The van der Waals surface area contributed by atoms with E-state index in [4.69, 9.17) is 0 Å². The first-order valence-electron chi connectivity index (χ1n) is 9.54. The van der Waals surface area contributed by atoms with E-state index in [0.29, 0.717) is 13.1 Å². The topological polar surface area (TPSA) is 79.2 Å². The molecule has 8 nitrogen and oxygen atoms in total. The van der Waals surface area contributed by atoms with Gasteiger partial charge in [-0.2, -0.15) is 5.10 Å². The second kappa shape index (κ2) is 6.70. The summed E-state index contributed by atoms with van der Waals surface area (Å²) in [6.45, 7) is 6.64.